The highest BCUT2D eigenvalue weighted by atomic mass is 16.2. The third-order valence-electron chi connectivity index (χ3n) is 6.56. The standard InChI is InChI=1S/C29H39N3O3/c1-29(2,3)19-22(18-26(30)33)27(34)32-25(17-16-20-10-5-4-6-11-20)28(35)31-24-15-9-13-21-12-7-8-14-23(21)24/h4-8,10-12,14,22,24-25H,9,13,15-19H2,1-3H3,(H2,30,33)(H,31,35)(H,32,34)/t22?,24-,25?/m1/s1. The first-order chi connectivity index (χ1) is 16.6. The van der Waals surface area contributed by atoms with E-state index in [2.05, 4.69) is 22.8 Å². The number of nitrogens with two attached hydrogens (primary N) is 1. The summed E-state index contributed by atoms with van der Waals surface area (Å²) < 4.78 is 0. The van der Waals surface area contributed by atoms with Gasteiger partial charge in [-0.3, -0.25) is 14.4 Å². The number of carbonyl (C=O) groups is 3. The molecular formula is C29H39N3O3. The second-order valence-corrected chi connectivity index (χ2v) is 10.9. The molecule has 4 N–H and O–H groups in total. The van der Waals surface area contributed by atoms with Gasteiger partial charge in [-0.25, -0.2) is 0 Å². The monoisotopic (exact) mass is 477 g/mol. The lowest BCUT2D eigenvalue weighted by molar-refractivity contribution is -0.134. The van der Waals surface area contributed by atoms with Gasteiger partial charge >= 0.3 is 0 Å². The summed E-state index contributed by atoms with van der Waals surface area (Å²) in [5.41, 5.74) is 8.80. The minimum absolute atomic E-state index is 0.0356. The summed E-state index contributed by atoms with van der Waals surface area (Å²) in [7, 11) is 0. The molecule has 6 heteroatoms. The Morgan fingerprint density at radius 3 is 2.37 bits per heavy atom. The topological polar surface area (TPSA) is 101 Å². The quantitative estimate of drug-likeness (QED) is 0.477. The van der Waals surface area contributed by atoms with Crippen molar-refractivity contribution in [1.82, 2.24) is 10.6 Å². The summed E-state index contributed by atoms with van der Waals surface area (Å²) in [5, 5.41) is 6.17. The van der Waals surface area contributed by atoms with Crippen LogP contribution in [0.2, 0.25) is 0 Å². The molecule has 0 spiro atoms. The van der Waals surface area contributed by atoms with E-state index in [1.54, 1.807) is 0 Å². The molecule has 0 aromatic heterocycles. The molecular weight excluding hydrogens is 438 g/mol. The van der Waals surface area contributed by atoms with E-state index in [-0.39, 0.29) is 29.7 Å². The summed E-state index contributed by atoms with van der Waals surface area (Å²) in [6.07, 6.45) is 4.48. The van der Waals surface area contributed by atoms with Crippen molar-refractivity contribution in [3.8, 4) is 0 Å². The van der Waals surface area contributed by atoms with Gasteiger partial charge in [0.05, 0.1) is 6.04 Å². The van der Waals surface area contributed by atoms with Crippen molar-refractivity contribution in [2.45, 2.75) is 77.8 Å². The minimum atomic E-state index is -0.702. The predicted octanol–water partition coefficient (Wildman–Crippen LogP) is 4.23. The van der Waals surface area contributed by atoms with Crippen molar-refractivity contribution in [2.75, 3.05) is 0 Å². The first kappa shape index (κ1) is 26.5. The van der Waals surface area contributed by atoms with Crippen LogP contribution in [0.1, 0.15) is 75.6 Å². The number of carbonyl (C=O) groups excluding carboxylic acids is 3. The molecule has 0 heterocycles. The van der Waals surface area contributed by atoms with Gasteiger partial charge in [-0.2, -0.15) is 0 Å². The molecule has 0 saturated heterocycles. The fourth-order valence-electron chi connectivity index (χ4n) is 4.93. The van der Waals surface area contributed by atoms with Gasteiger partial charge in [-0.05, 0) is 60.6 Å². The molecule has 1 aliphatic rings. The highest BCUT2D eigenvalue weighted by Gasteiger charge is 2.31. The van der Waals surface area contributed by atoms with E-state index < -0.39 is 17.9 Å². The highest BCUT2D eigenvalue weighted by molar-refractivity contribution is 5.90. The maximum Gasteiger partial charge on any atom is 0.243 e. The van der Waals surface area contributed by atoms with Crippen LogP contribution in [0.4, 0.5) is 0 Å². The van der Waals surface area contributed by atoms with E-state index in [0.717, 1.165) is 30.4 Å². The molecule has 0 aliphatic heterocycles. The third kappa shape index (κ3) is 8.23. The molecule has 3 rings (SSSR count). The van der Waals surface area contributed by atoms with Crippen molar-refractivity contribution in [2.24, 2.45) is 17.1 Å². The van der Waals surface area contributed by atoms with Crippen LogP contribution in [0, 0.1) is 11.3 Å². The zero-order valence-corrected chi connectivity index (χ0v) is 21.2. The van der Waals surface area contributed by atoms with E-state index in [1.165, 1.54) is 5.56 Å². The van der Waals surface area contributed by atoms with E-state index in [0.29, 0.717) is 19.3 Å². The molecule has 0 fully saturated rings. The first-order valence-electron chi connectivity index (χ1n) is 12.6. The average Bonchev–Trinajstić information content (AvgIpc) is 2.81. The Bertz CT molecular complexity index is 1010. The van der Waals surface area contributed by atoms with E-state index in [4.69, 9.17) is 5.73 Å². The van der Waals surface area contributed by atoms with Crippen molar-refractivity contribution >= 4 is 17.7 Å². The second kappa shape index (κ2) is 12.0. The molecule has 2 aromatic rings. The van der Waals surface area contributed by atoms with Crippen molar-refractivity contribution in [3.63, 3.8) is 0 Å². The zero-order valence-electron chi connectivity index (χ0n) is 21.2. The summed E-state index contributed by atoms with van der Waals surface area (Å²) in [4.78, 5) is 38.4. The van der Waals surface area contributed by atoms with Gasteiger partial charge in [-0.15, -0.1) is 0 Å². The van der Waals surface area contributed by atoms with Gasteiger partial charge in [0.25, 0.3) is 0 Å². The maximum atomic E-state index is 13.5. The molecule has 6 nitrogen and oxygen atoms in total. The molecule has 35 heavy (non-hydrogen) atoms. The second-order valence-electron chi connectivity index (χ2n) is 10.9. The van der Waals surface area contributed by atoms with Gasteiger partial charge in [0, 0.05) is 12.3 Å². The Balaban J connectivity index is 1.76. The normalized spacial score (nSPS) is 17.1. The summed E-state index contributed by atoms with van der Waals surface area (Å²) in [6, 6.07) is 17.4. The van der Waals surface area contributed by atoms with Crippen LogP contribution in [-0.2, 0) is 27.2 Å². The van der Waals surface area contributed by atoms with Crippen LogP contribution in [0.25, 0.3) is 0 Å². The van der Waals surface area contributed by atoms with Crippen LogP contribution >= 0.6 is 0 Å². The predicted molar refractivity (Wildman–Crippen MR) is 138 cm³/mol. The summed E-state index contributed by atoms with van der Waals surface area (Å²) >= 11 is 0. The SMILES string of the molecule is CC(C)(C)CC(CC(N)=O)C(=O)NC(CCc1ccccc1)C(=O)N[C@@H]1CCCc2ccccc21. The van der Waals surface area contributed by atoms with Gasteiger partial charge in [0.15, 0.2) is 0 Å². The van der Waals surface area contributed by atoms with Gasteiger partial charge in [0.1, 0.15) is 6.04 Å². The fraction of sp³-hybridized carbons (Fsp3) is 0.483. The molecule has 188 valence electrons. The largest absolute Gasteiger partial charge is 0.370 e. The van der Waals surface area contributed by atoms with Crippen LogP contribution in [0.15, 0.2) is 54.6 Å². The minimum Gasteiger partial charge on any atom is -0.370 e. The molecule has 0 saturated carbocycles. The maximum absolute atomic E-state index is 13.5. The van der Waals surface area contributed by atoms with Crippen molar-refractivity contribution in [3.05, 3.63) is 71.3 Å². The number of hydrogen-bond acceptors (Lipinski definition) is 3. The molecule has 0 radical (unpaired) electrons. The number of rotatable bonds is 10. The molecule has 0 bridgehead atoms. The molecule has 3 atom stereocenters. The Morgan fingerprint density at radius 2 is 1.69 bits per heavy atom. The van der Waals surface area contributed by atoms with Crippen LogP contribution in [0.3, 0.4) is 0 Å². The number of fused-ring (bicyclic) bond motifs is 1. The number of amides is 3. The Hall–Kier alpha value is -3.15. The van der Waals surface area contributed by atoms with Crippen molar-refractivity contribution < 1.29 is 14.4 Å². The van der Waals surface area contributed by atoms with Crippen LogP contribution in [-0.4, -0.2) is 23.8 Å². The smallest absolute Gasteiger partial charge is 0.243 e. The lowest BCUT2D eigenvalue weighted by Crippen LogP contribution is -2.50. The summed E-state index contributed by atoms with van der Waals surface area (Å²) in [6.45, 7) is 6.07. The number of benzene rings is 2. The lowest BCUT2D eigenvalue weighted by atomic mass is 9.82. The summed E-state index contributed by atoms with van der Waals surface area (Å²) in [5.74, 6) is -1.58. The number of nitrogens with one attached hydrogen (secondary N) is 2. The van der Waals surface area contributed by atoms with Gasteiger partial charge in [0.2, 0.25) is 17.7 Å². The van der Waals surface area contributed by atoms with Gasteiger partial charge < -0.3 is 16.4 Å². The zero-order chi connectivity index (χ0) is 25.4. The number of primary amides is 1. The molecule has 2 aromatic carbocycles. The van der Waals surface area contributed by atoms with Crippen LogP contribution < -0.4 is 16.4 Å². The Morgan fingerprint density at radius 1 is 1.00 bits per heavy atom. The molecule has 1 aliphatic carbocycles. The fourth-order valence-corrected chi connectivity index (χ4v) is 4.93. The molecule has 3 amide bonds. The Kier molecular flexibility index (Phi) is 9.07. The van der Waals surface area contributed by atoms with E-state index in [1.807, 2.05) is 63.2 Å². The number of aryl methyl sites for hydroxylation is 2. The lowest BCUT2D eigenvalue weighted by Gasteiger charge is -2.30. The van der Waals surface area contributed by atoms with Crippen molar-refractivity contribution in [1.29, 1.82) is 0 Å². The average molecular weight is 478 g/mol. The van der Waals surface area contributed by atoms with E-state index in [9.17, 15) is 14.4 Å². The highest BCUT2D eigenvalue weighted by Crippen LogP contribution is 2.30. The van der Waals surface area contributed by atoms with Crippen LogP contribution in [0.5, 0.6) is 0 Å². The number of hydrogen-bond donors (Lipinski definition) is 3. The first-order valence-corrected chi connectivity index (χ1v) is 12.6. The third-order valence-corrected chi connectivity index (χ3v) is 6.56. The Labute approximate surface area is 209 Å². The molecule has 2 unspecified atom stereocenters. The van der Waals surface area contributed by atoms with Gasteiger partial charge in [-0.1, -0.05) is 75.4 Å². The van der Waals surface area contributed by atoms with E-state index >= 15 is 0 Å².